The number of fused-ring (bicyclic) bond motifs is 1. The van der Waals surface area contributed by atoms with Gasteiger partial charge in [-0.25, -0.2) is 4.98 Å². The molecule has 0 saturated carbocycles. The molecule has 0 unspecified atom stereocenters. The number of rotatable bonds is 5. The average molecular weight is 360 g/mol. The molecule has 0 aliphatic heterocycles. The summed E-state index contributed by atoms with van der Waals surface area (Å²) in [5.41, 5.74) is 8.19. The first-order chi connectivity index (χ1) is 13.1. The molecule has 4 N–H and O–H groups in total. The fraction of sp³-hybridized carbons (Fsp3) is 0.0500. The van der Waals surface area contributed by atoms with Crippen molar-refractivity contribution in [1.82, 2.24) is 15.3 Å². The Kier molecular flexibility index (Phi) is 4.18. The number of aromatic nitrogens is 2. The van der Waals surface area contributed by atoms with Crippen molar-refractivity contribution in [3.05, 3.63) is 77.7 Å². The molecule has 0 atom stereocenters. The third-order valence-electron chi connectivity index (χ3n) is 4.18. The second-order valence-corrected chi connectivity index (χ2v) is 5.99. The lowest BCUT2D eigenvalue weighted by atomic mass is 10.1. The van der Waals surface area contributed by atoms with Gasteiger partial charge in [0.05, 0.1) is 23.9 Å². The number of hydrogen-bond donors (Lipinski definition) is 3. The van der Waals surface area contributed by atoms with E-state index in [1.54, 1.807) is 48.7 Å². The monoisotopic (exact) mass is 360 g/mol. The van der Waals surface area contributed by atoms with Crippen molar-refractivity contribution in [2.45, 2.75) is 6.54 Å². The lowest BCUT2D eigenvalue weighted by Crippen LogP contribution is -2.22. The number of nitrogens with zero attached hydrogens (tertiary/aromatic N) is 1. The van der Waals surface area contributed by atoms with Gasteiger partial charge in [-0.2, -0.15) is 0 Å². The summed E-state index contributed by atoms with van der Waals surface area (Å²) in [7, 11) is 0. The molecule has 2 aromatic heterocycles. The Balaban J connectivity index is 1.62. The molecule has 0 spiro atoms. The van der Waals surface area contributed by atoms with E-state index in [1.807, 2.05) is 12.1 Å². The molecule has 0 aliphatic carbocycles. The van der Waals surface area contributed by atoms with E-state index in [2.05, 4.69) is 15.3 Å². The zero-order valence-electron chi connectivity index (χ0n) is 14.2. The topological polar surface area (TPSA) is 114 Å². The number of carbonyl (C=O) groups is 2. The van der Waals surface area contributed by atoms with E-state index in [-0.39, 0.29) is 5.91 Å². The van der Waals surface area contributed by atoms with Crippen LogP contribution >= 0.6 is 0 Å². The molecule has 0 aliphatic rings. The molecule has 2 heterocycles. The van der Waals surface area contributed by atoms with Crippen LogP contribution in [0.4, 0.5) is 0 Å². The van der Waals surface area contributed by atoms with Gasteiger partial charge in [-0.3, -0.25) is 9.59 Å². The normalized spacial score (nSPS) is 10.8. The Morgan fingerprint density at radius 2 is 1.96 bits per heavy atom. The largest absolute Gasteiger partial charge is 0.467 e. The smallest absolute Gasteiger partial charge is 0.251 e. The van der Waals surface area contributed by atoms with Crippen molar-refractivity contribution < 1.29 is 14.0 Å². The quantitative estimate of drug-likeness (QED) is 0.508. The van der Waals surface area contributed by atoms with Gasteiger partial charge in [0.2, 0.25) is 0 Å². The van der Waals surface area contributed by atoms with Gasteiger partial charge in [-0.15, -0.1) is 0 Å². The van der Waals surface area contributed by atoms with E-state index < -0.39 is 5.91 Å². The first kappa shape index (κ1) is 16.6. The number of H-pyrrole nitrogens is 1. The molecule has 27 heavy (non-hydrogen) atoms. The summed E-state index contributed by atoms with van der Waals surface area (Å²) in [5, 5.41) is 2.81. The molecule has 0 saturated heterocycles. The second-order valence-electron chi connectivity index (χ2n) is 5.99. The van der Waals surface area contributed by atoms with Crippen LogP contribution in [0, 0.1) is 0 Å². The van der Waals surface area contributed by atoms with Crippen LogP contribution in [0.3, 0.4) is 0 Å². The highest BCUT2D eigenvalue weighted by Gasteiger charge is 2.13. The lowest BCUT2D eigenvalue weighted by molar-refractivity contribution is 0.0947. The van der Waals surface area contributed by atoms with Gasteiger partial charge in [0.15, 0.2) is 0 Å². The van der Waals surface area contributed by atoms with Gasteiger partial charge in [0, 0.05) is 11.1 Å². The van der Waals surface area contributed by atoms with Gasteiger partial charge in [-0.05, 0) is 36.4 Å². The molecule has 4 rings (SSSR count). The molecular weight excluding hydrogens is 344 g/mol. The van der Waals surface area contributed by atoms with Crippen LogP contribution in [0.1, 0.15) is 26.5 Å². The highest BCUT2D eigenvalue weighted by molar-refractivity contribution is 6.04. The molecule has 2 aromatic carbocycles. The number of para-hydroxylation sites is 1. The second kappa shape index (κ2) is 6.80. The van der Waals surface area contributed by atoms with E-state index in [9.17, 15) is 9.59 Å². The van der Waals surface area contributed by atoms with Crippen molar-refractivity contribution >= 4 is 22.8 Å². The van der Waals surface area contributed by atoms with E-state index in [4.69, 9.17) is 10.2 Å². The molecule has 4 aromatic rings. The summed E-state index contributed by atoms with van der Waals surface area (Å²) >= 11 is 0. The minimum Gasteiger partial charge on any atom is -0.467 e. The summed E-state index contributed by atoms with van der Waals surface area (Å²) in [5.74, 6) is 0.474. The van der Waals surface area contributed by atoms with Crippen LogP contribution in [0.5, 0.6) is 0 Å². The van der Waals surface area contributed by atoms with E-state index in [1.165, 1.54) is 0 Å². The maximum atomic E-state index is 12.4. The number of furan rings is 1. The fourth-order valence-electron chi connectivity index (χ4n) is 2.86. The molecule has 7 heteroatoms. The zero-order valence-corrected chi connectivity index (χ0v) is 14.2. The van der Waals surface area contributed by atoms with Crippen LogP contribution in [0.15, 0.2) is 65.3 Å². The Hall–Kier alpha value is -3.87. The minimum atomic E-state index is -0.537. The van der Waals surface area contributed by atoms with Gasteiger partial charge in [0.1, 0.15) is 17.1 Å². The van der Waals surface area contributed by atoms with Crippen LogP contribution in [-0.4, -0.2) is 21.8 Å². The predicted molar refractivity (Wildman–Crippen MR) is 99.9 cm³/mol. The zero-order chi connectivity index (χ0) is 18.8. The van der Waals surface area contributed by atoms with Gasteiger partial charge >= 0.3 is 0 Å². The van der Waals surface area contributed by atoms with Crippen LogP contribution < -0.4 is 11.1 Å². The third kappa shape index (κ3) is 3.30. The first-order valence-corrected chi connectivity index (χ1v) is 8.31. The average Bonchev–Trinajstić information content (AvgIpc) is 3.35. The first-order valence-electron chi connectivity index (χ1n) is 8.31. The molecule has 2 amide bonds. The van der Waals surface area contributed by atoms with Crippen molar-refractivity contribution in [3.63, 3.8) is 0 Å². The summed E-state index contributed by atoms with van der Waals surface area (Å²) in [6.07, 6.45) is 1.56. The van der Waals surface area contributed by atoms with E-state index in [0.717, 1.165) is 5.56 Å². The number of imidazole rings is 1. The van der Waals surface area contributed by atoms with Gasteiger partial charge < -0.3 is 20.5 Å². The Bertz CT molecular complexity index is 1130. The number of carbonyl (C=O) groups excluding carboxylic acids is 2. The number of hydrogen-bond acceptors (Lipinski definition) is 4. The van der Waals surface area contributed by atoms with Crippen molar-refractivity contribution in [2.75, 3.05) is 0 Å². The minimum absolute atomic E-state index is 0.220. The number of nitrogens with two attached hydrogens (primary N) is 1. The van der Waals surface area contributed by atoms with E-state index in [0.29, 0.717) is 40.3 Å². The molecule has 134 valence electrons. The van der Waals surface area contributed by atoms with Crippen molar-refractivity contribution in [3.8, 4) is 11.4 Å². The summed E-state index contributed by atoms with van der Waals surface area (Å²) in [6, 6.07) is 15.8. The lowest BCUT2D eigenvalue weighted by Gasteiger charge is -2.05. The van der Waals surface area contributed by atoms with Gasteiger partial charge in [0.25, 0.3) is 11.8 Å². The Morgan fingerprint density at radius 3 is 2.74 bits per heavy atom. The standard InChI is InChI=1S/C20H16N4O3/c21-18(25)15-7-2-8-16-17(15)24-19(23-16)12-4-1-5-13(10-12)20(26)22-11-14-6-3-9-27-14/h1-10H,11H2,(H2,21,25)(H,22,26)(H,23,24). The number of benzene rings is 2. The maximum absolute atomic E-state index is 12.4. The summed E-state index contributed by atoms with van der Waals surface area (Å²) < 4.78 is 5.21. The third-order valence-corrected chi connectivity index (χ3v) is 4.18. The van der Waals surface area contributed by atoms with Crippen molar-refractivity contribution in [2.24, 2.45) is 5.73 Å². The van der Waals surface area contributed by atoms with Crippen LogP contribution in [0.2, 0.25) is 0 Å². The van der Waals surface area contributed by atoms with E-state index >= 15 is 0 Å². The number of aromatic amines is 1. The van der Waals surface area contributed by atoms with Crippen LogP contribution in [-0.2, 0) is 6.54 Å². The summed E-state index contributed by atoms with van der Waals surface area (Å²) in [6.45, 7) is 0.308. The number of primary amides is 1. The molecule has 7 nitrogen and oxygen atoms in total. The van der Waals surface area contributed by atoms with Crippen LogP contribution in [0.25, 0.3) is 22.4 Å². The summed E-state index contributed by atoms with van der Waals surface area (Å²) in [4.78, 5) is 31.6. The Morgan fingerprint density at radius 1 is 1.11 bits per heavy atom. The fourth-order valence-corrected chi connectivity index (χ4v) is 2.86. The predicted octanol–water partition coefficient (Wildman–Crippen LogP) is 2.85. The maximum Gasteiger partial charge on any atom is 0.251 e. The highest BCUT2D eigenvalue weighted by atomic mass is 16.3. The molecular formula is C20H16N4O3. The molecule has 0 fully saturated rings. The molecule has 0 radical (unpaired) electrons. The highest BCUT2D eigenvalue weighted by Crippen LogP contribution is 2.23. The Labute approximate surface area is 154 Å². The van der Waals surface area contributed by atoms with Gasteiger partial charge in [-0.1, -0.05) is 18.2 Å². The number of nitrogens with one attached hydrogen (secondary N) is 2. The number of amides is 2. The molecule has 0 bridgehead atoms. The van der Waals surface area contributed by atoms with Crippen molar-refractivity contribution in [1.29, 1.82) is 0 Å². The SMILES string of the molecule is NC(=O)c1cccc2[nH]c(-c3cccc(C(=O)NCc4ccco4)c3)nc12.